The minimum atomic E-state index is -0.566. The molecule has 6 nitrogen and oxygen atoms in total. The molecule has 26 heavy (non-hydrogen) atoms. The molecule has 1 aromatic carbocycles. The van der Waals surface area contributed by atoms with E-state index >= 15 is 0 Å². The second-order valence-electron chi connectivity index (χ2n) is 5.77. The summed E-state index contributed by atoms with van der Waals surface area (Å²) in [5.74, 6) is -1.09. The third kappa shape index (κ3) is 3.11. The number of benzene rings is 1. The Labute approximate surface area is 152 Å². The normalized spacial score (nSPS) is 15.8. The van der Waals surface area contributed by atoms with Gasteiger partial charge in [0.05, 0.1) is 22.4 Å². The molecule has 0 aliphatic carbocycles. The van der Waals surface area contributed by atoms with Crippen LogP contribution in [-0.2, 0) is 11.8 Å². The Morgan fingerprint density at radius 3 is 3.04 bits per heavy atom. The van der Waals surface area contributed by atoms with Crippen molar-refractivity contribution < 1.29 is 13.9 Å². The zero-order valence-electron chi connectivity index (χ0n) is 13.8. The molecule has 0 fully saturated rings. The highest BCUT2D eigenvalue weighted by Crippen LogP contribution is 2.33. The predicted octanol–water partition coefficient (Wildman–Crippen LogP) is 3.91. The second-order valence-corrected chi connectivity index (χ2v) is 6.80. The van der Waals surface area contributed by atoms with Crippen molar-refractivity contribution in [3.63, 3.8) is 0 Å². The maximum atomic E-state index is 13.7. The number of carbonyl (C=O) groups is 1. The molecule has 2 aromatic heterocycles. The van der Waals surface area contributed by atoms with Crippen LogP contribution in [0.15, 0.2) is 48.9 Å². The lowest BCUT2D eigenvalue weighted by molar-refractivity contribution is 0.102. The van der Waals surface area contributed by atoms with Crippen LogP contribution >= 0.6 is 11.3 Å². The molecule has 0 spiro atoms. The van der Waals surface area contributed by atoms with Gasteiger partial charge in [-0.2, -0.15) is 5.10 Å². The third-order valence-electron chi connectivity index (χ3n) is 4.01. The van der Waals surface area contributed by atoms with Gasteiger partial charge in [0.25, 0.3) is 5.91 Å². The molecule has 3 aromatic rings. The molecule has 0 saturated heterocycles. The first kappa shape index (κ1) is 16.5. The summed E-state index contributed by atoms with van der Waals surface area (Å²) < 4.78 is 21.0. The molecule has 0 radical (unpaired) electrons. The van der Waals surface area contributed by atoms with Crippen LogP contribution in [0.1, 0.15) is 28.6 Å². The summed E-state index contributed by atoms with van der Waals surface area (Å²) in [6.07, 6.45) is 6.03. The van der Waals surface area contributed by atoms with Gasteiger partial charge in [0.1, 0.15) is 17.6 Å². The lowest BCUT2D eigenvalue weighted by Crippen LogP contribution is -2.13. The fraction of sp³-hybridized carbons (Fsp3) is 0.167. The summed E-state index contributed by atoms with van der Waals surface area (Å²) in [5, 5.41) is 7.52. The van der Waals surface area contributed by atoms with Crippen molar-refractivity contribution in [1.82, 2.24) is 14.8 Å². The average molecular weight is 370 g/mol. The van der Waals surface area contributed by atoms with E-state index in [4.69, 9.17) is 4.74 Å². The lowest BCUT2D eigenvalue weighted by atomic mass is 10.2. The molecule has 3 heterocycles. The van der Waals surface area contributed by atoms with Gasteiger partial charge in [0, 0.05) is 19.7 Å². The molecule has 0 saturated carbocycles. The Bertz CT molecular complexity index is 987. The molecule has 1 unspecified atom stereocenters. The van der Waals surface area contributed by atoms with Crippen LogP contribution in [0.5, 0.6) is 0 Å². The molecular formula is C18H15FN4O2S. The number of anilines is 1. The van der Waals surface area contributed by atoms with E-state index in [2.05, 4.69) is 15.4 Å². The largest absolute Gasteiger partial charge is 0.492 e. The SMILES string of the molecule is Cn1nc(C2CC=CO2)cc1-c1cnc(NC(=O)c2ccccc2F)s1. The average Bonchev–Trinajstić information content (AvgIpc) is 3.35. The van der Waals surface area contributed by atoms with Gasteiger partial charge >= 0.3 is 0 Å². The van der Waals surface area contributed by atoms with Gasteiger partial charge in [-0.3, -0.25) is 14.8 Å². The molecule has 1 amide bonds. The Hall–Kier alpha value is -3.00. The second kappa shape index (κ2) is 6.72. The number of aromatic nitrogens is 3. The minimum absolute atomic E-state index is 0.0158. The summed E-state index contributed by atoms with van der Waals surface area (Å²) in [6.45, 7) is 0. The smallest absolute Gasteiger partial charge is 0.260 e. The molecule has 8 heteroatoms. The monoisotopic (exact) mass is 370 g/mol. The molecule has 1 atom stereocenters. The van der Waals surface area contributed by atoms with Crippen LogP contribution in [0, 0.1) is 5.82 Å². The first-order valence-corrected chi connectivity index (χ1v) is 8.80. The maximum Gasteiger partial charge on any atom is 0.260 e. The highest BCUT2D eigenvalue weighted by Gasteiger charge is 2.21. The van der Waals surface area contributed by atoms with Crippen molar-refractivity contribution in [3.05, 3.63) is 65.9 Å². The van der Waals surface area contributed by atoms with Gasteiger partial charge < -0.3 is 4.74 Å². The number of carbonyl (C=O) groups excluding carboxylic acids is 1. The van der Waals surface area contributed by atoms with Gasteiger partial charge in [-0.15, -0.1) is 0 Å². The van der Waals surface area contributed by atoms with E-state index in [1.807, 2.05) is 19.2 Å². The number of ether oxygens (including phenoxy) is 1. The Morgan fingerprint density at radius 1 is 1.42 bits per heavy atom. The molecule has 1 aliphatic rings. The summed E-state index contributed by atoms with van der Waals surface area (Å²) in [7, 11) is 1.85. The molecule has 4 rings (SSSR count). The fourth-order valence-electron chi connectivity index (χ4n) is 2.71. The highest BCUT2D eigenvalue weighted by molar-refractivity contribution is 7.19. The quantitative estimate of drug-likeness (QED) is 0.756. The van der Waals surface area contributed by atoms with Crippen molar-refractivity contribution >= 4 is 22.4 Å². The number of nitrogens with one attached hydrogen (secondary N) is 1. The number of halogens is 1. The van der Waals surface area contributed by atoms with Gasteiger partial charge in [0.15, 0.2) is 5.13 Å². The summed E-state index contributed by atoms with van der Waals surface area (Å²) >= 11 is 1.30. The Balaban J connectivity index is 1.53. The lowest BCUT2D eigenvalue weighted by Gasteiger charge is -2.04. The van der Waals surface area contributed by atoms with Crippen LogP contribution in [0.4, 0.5) is 9.52 Å². The zero-order chi connectivity index (χ0) is 18.1. The maximum absolute atomic E-state index is 13.7. The van der Waals surface area contributed by atoms with Gasteiger partial charge in [0.2, 0.25) is 0 Å². The first-order valence-electron chi connectivity index (χ1n) is 7.98. The molecule has 132 valence electrons. The van der Waals surface area contributed by atoms with Crippen LogP contribution in [0.2, 0.25) is 0 Å². The standard InChI is InChI=1S/C18H15FN4O2S/c1-23-14(9-13(22-23)15-7-4-8-25-15)16-10-20-18(26-16)21-17(24)11-5-2-3-6-12(11)19/h2-6,8-10,15H,7H2,1H3,(H,20,21,24). The molecular weight excluding hydrogens is 355 g/mol. The summed E-state index contributed by atoms with van der Waals surface area (Å²) in [5.41, 5.74) is 1.70. The minimum Gasteiger partial charge on any atom is -0.492 e. The van der Waals surface area contributed by atoms with E-state index in [-0.39, 0.29) is 11.7 Å². The van der Waals surface area contributed by atoms with E-state index in [0.29, 0.717) is 5.13 Å². The van der Waals surface area contributed by atoms with E-state index in [1.165, 1.54) is 29.5 Å². The number of hydrogen-bond donors (Lipinski definition) is 1. The molecule has 0 bridgehead atoms. The number of hydrogen-bond acceptors (Lipinski definition) is 5. The third-order valence-corrected chi connectivity index (χ3v) is 4.95. The van der Waals surface area contributed by atoms with Crippen molar-refractivity contribution in [2.75, 3.05) is 5.32 Å². The summed E-state index contributed by atoms with van der Waals surface area (Å²) in [6, 6.07) is 7.79. The van der Waals surface area contributed by atoms with Gasteiger partial charge in [-0.1, -0.05) is 23.5 Å². The van der Waals surface area contributed by atoms with E-state index in [0.717, 1.165) is 22.7 Å². The number of aryl methyl sites for hydroxylation is 1. The van der Waals surface area contributed by atoms with Crippen molar-refractivity contribution in [3.8, 4) is 10.6 Å². The zero-order valence-corrected chi connectivity index (χ0v) is 14.7. The number of amides is 1. The van der Waals surface area contributed by atoms with E-state index in [1.54, 1.807) is 23.2 Å². The molecule has 1 N–H and O–H groups in total. The highest BCUT2D eigenvalue weighted by atomic mass is 32.1. The van der Waals surface area contributed by atoms with Crippen LogP contribution in [-0.4, -0.2) is 20.7 Å². The Kier molecular flexibility index (Phi) is 4.26. The van der Waals surface area contributed by atoms with Crippen molar-refractivity contribution in [2.45, 2.75) is 12.5 Å². The predicted molar refractivity (Wildman–Crippen MR) is 96.3 cm³/mol. The van der Waals surface area contributed by atoms with Crippen molar-refractivity contribution in [2.24, 2.45) is 7.05 Å². The fourth-order valence-corrected chi connectivity index (χ4v) is 3.57. The molecule has 1 aliphatic heterocycles. The van der Waals surface area contributed by atoms with Crippen molar-refractivity contribution in [1.29, 1.82) is 0 Å². The van der Waals surface area contributed by atoms with E-state index in [9.17, 15) is 9.18 Å². The number of nitrogens with zero attached hydrogens (tertiary/aromatic N) is 3. The van der Waals surface area contributed by atoms with Crippen LogP contribution < -0.4 is 5.32 Å². The van der Waals surface area contributed by atoms with E-state index < -0.39 is 11.7 Å². The summed E-state index contributed by atoms with van der Waals surface area (Å²) in [4.78, 5) is 17.3. The number of thiazole rings is 1. The topological polar surface area (TPSA) is 69.0 Å². The first-order chi connectivity index (χ1) is 12.6. The Morgan fingerprint density at radius 2 is 2.27 bits per heavy atom. The van der Waals surface area contributed by atoms with Gasteiger partial charge in [-0.05, 0) is 24.3 Å². The van der Waals surface area contributed by atoms with Crippen LogP contribution in [0.25, 0.3) is 10.6 Å². The van der Waals surface area contributed by atoms with Crippen LogP contribution in [0.3, 0.4) is 0 Å². The van der Waals surface area contributed by atoms with Gasteiger partial charge in [-0.25, -0.2) is 9.37 Å². The number of rotatable bonds is 4.